The zero-order chi connectivity index (χ0) is 20.5. The fourth-order valence-electron chi connectivity index (χ4n) is 4.29. The van der Waals surface area contributed by atoms with Crippen molar-refractivity contribution >= 4 is 55.3 Å². The Hall–Kier alpha value is -1.97. The van der Waals surface area contributed by atoms with E-state index in [2.05, 4.69) is 14.9 Å². The number of pyridine rings is 1. The summed E-state index contributed by atoms with van der Waals surface area (Å²) in [6.45, 7) is 3.30. The van der Waals surface area contributed by atoms with Crippen molar-refractivity contribution < 1.29 is 14.3 Å². The Balaban J connectivity index is 1.60. The number of nitrogens with zero attached hydrogens (tertiary/aromatic N) is 4. The lowest BCUT2D eigenvalue weighted by molar-refractivity contribution is -0.140. The number of hydrogen-bond acceptors (Lipinski definition) is 9. The van der Waals surface area contributed by atoms with Crippen LogP contribution in [0.15, 0.2) is 11.4 Å². The molecule has 0 atom stereocenters. The van der Waals surface area contributed by atoms with E-state index in [4.69, 9.17) is 14.5 Å². The Morgan fingerprint density at radius 2 is 2.03 bits per heavy atom. The van der Waals surface area contributed by atoms with Gasteiger partial charge in [-0.3, -0.25) is 4.79 Å². The smallest absolute Gasteiger partial charge is 0.306 e. The van der Waals surface area contributed by atoms with Crippen molar-refractivity contribution in [3.63, 3.8) is 0 Å². The van der Waals surface area contributed by atoms with Crippen LogP contribution in [0.5, 0.6) is 0 Å². The molecule has 0 unspecified atom stereocenters. The van der Waals surface area contributed by atoms with E-state index in [1.807, 2.05) is 0 Å². The lowest BCUT2D eigenvalue weighted by Crippen LogP contribution is -2.37. The maximum atomic E-state index is 11.5. The van der Waals surface area contributed by atoms with Crippen LogP contribution in [-0.2, 0) is 27.1 Å². The van der Waals surface area contributed by atoms with Gasteiger partial charge < -0.3 is 14.4 Å². The van der Waals surface area contributed by atoms with Gasteiger partial charge in [-0.2, -0.15) is 0 Å². The molecular weight excluding hydrogens is 420 g/mol. The second-order valence-electron chi connectivity index (χ2n) is 7.51. The summed E-state index contributed by atoms with van der Waals surface area (Å²) >= 11 is 3.26. The maximum Gasteiger partial charge on any atom is 0.306 e. The molecule has 30 heavy (non-hydrogen) atoms. The Morgan fingerprint density at radius 1 is 1.23 bits per heavy atom. The van der Waals surface area contributed by atoms with Crippen LogP contribution in [0.1, 0.15) is 30.4 Å². The summed E-state index contributed by atoms with van der Waals surface area (Å²) in [5.41, 5.74) is 3.82. The third kappa shape index (κ3) is 3.63. The highest BCUT2D eigenvalue weighted by molar-refractivity contribution is 7.99. The predicted octanol–water partition coefficient (Wildman–Crippen LogP) is 3.61. The minimum Gasteiger partial charge on any atom is -0.469 e. The number of thiophene rings is 1. The molecule has 1 aliphatic heterocycles. The molecule has 1 aliphatic carbocycles. The quantitative estimate of drug-likeness (QED) is 0.336. The van der Waals surface area contributed by atoms with Gasteiger partial charge in [-0.1, -0.05) is 0 Å². The van der Waals surface area contributed by atoms with Crippen molar-refractivity contribution in [1.29, 1.82) is 0 Å². The molecule has 0 radical (unpaired) electrons. The molecule has 3 aromatic rings. The topological polar surface area (TPSA) is 77.4 Å². The van der Waals surface area contributed by atoms with Crippen molar-refractivity contribution in [1.82, 2.24) is 15.0 Å². The van der Waals surface area contributed by atoms with E-state index in [1.165, 1.54) is 36.5 Å². The van der Waals surface area contributed by atoms with Crippen LogP contribution >= 0.6 is 23.1 Å². The first-order chi connectivity index (χ1) is 14.8. The van der Waals surface area contributed by atoms with E-state index in [1.54, 1.807) is 29.4 Å². The van der Waals surface area contributed by atoms with Crippen LogP contribution in [-0.4, -0.2) is 60.1 Å². The molecule has 0 bridgehead atoms. The Kier molecular flexibility index (Phi) is 5.75. The Bertz CT molecular complexity index is 1090. The molecule has 0 amide bonds. The summed E-state index contributed by atoms with van der Waals surface area (Å²) in [4.78, 5) is 29.2. The summed E-state index contributed by atoms with van der Waals surface area (Å²) in [6, 6.07) is 0. The number of aromatic nitrogens is 3. The second-order valence-corrected chi connectivity index (χ2v) is 9.60. The SMILES string of the molecule is COC(=O)CCSc1ncnc2c1sc1nc(N3CCOCC3)c3c(c12)CCCC3. The van der Waals surface area contributed by atoms with Crippen molar-refractivity contribution in [3.05, 3.63) is 17.5 Å². The van der Waals surface area contributed by atoms with Crippen molar-refractivity contribution in [2.45, 2.75) is 37.1 Å². The molecule has 3 aromatic heterocycles. The lowest BCUT2D eigenvalue weighted by Gasteiger charge is -2.31. The Labute approximate surface area is 183 Å². The largest absolute Gasteiger partial charge is 0.469 e. The molecule has 5 rings (SSSR count). The van der Waals surface area contributed by atoms with Crippen LogP contribution in [0.3, 0.4) is 0 Å². The van der Waals surface area contributed by atoms with E-state index < -0.39 is 0 Å². The molecule has 1 fully saturated rings. The number of anilines is 1. The van der Waals surface area contributed by atoms with E-state index in [9.17, 15) is 4.79 Å². The molecule has 0 N–H and O–H groups in total. The highest BCUT2D eigenvalue weighted by atomic mass is 32.2. The molecule has 0 aromatic carbocycles. The zero-order valence-corrected chi connectivity index (χ0v) is 18.6. The molecule has 7 nitrogen and oxygen atoms in total. The van der Waals surface area contributed by atoms with Gasteiger partial charge in [-0.15, -0.1) is 23.1 Å². The summed E-state index contributed by atoms with van der Waals surface area (Å²) in [5, 5.41) is 2.13. The van der Waals surface area contributed by atoms with Crippen LogP contribution in [0.4, 0.5) is 5.82 Å². The molecule has 9 heteroatoms. The Morgan fingerprint density at radius 3 is 2.83 bits per heavy atom. The number of methoxy groups -OCH3 is 1. The molecule has 2 aliphatic rings. The summed E-state index contributed by atoms with van der Waals surface area (Å²) in [5.74, 6) is 1.58. The van der Waals surface area contributed by atoms with Crippen LogP contribution in [0.2, 0.25) is 0 Å². The highest BCUT2D eigenvalue weighted by Crippen LogP contribution is 2.43. The minimum atomic E-state index is -0.199. The average molecular weight is 445 g/mol. The van der Waals surface area contributed by atoms with Crippen molar-refractivity contribution in [3.8, 4) is 0 Å². The van der Waals surface area contributed by atoms with Gasteiger partial charge in [0.1, 0.15) is 22.0 Å². The average Bonchev–Trinajstić information content (AvgIpc) is 3.18. The maximum absolute atomic E-state index is 11.5. The first-order valence-corrected chi connectivity index (χ1v) is 12.2. The number of carbonyl (C=O) groups excluding carboxylic acids is 1. The number of carbonyl (C=O) groups is 1. The number of fused-ring (bicyclic) bond motifs is 5. The minimum absolute atomic E-state index is 0.199. The third-order valence-electron chi connectivity index (χ3n) is 5.75. The molecule has 0 spiro atoms. The molecular formula is C21H24N4O3S2. The first kappa shape index (κ1) is 20.0. The van der Waals surface area contributed by atoms with Crippen LogP contribution < -0.4 is 4.90 Å². The van der Waals surface area contributed by atoms with E-state index in [0.717, 1.165) is 65.0 Å². The first-order valence-electron chi connectivity index (χ1n) is 10.4. The fourth-order valence-corrected chi connectivity index (χ4v) is 6.44. The van der Waals surface area contributed by atoms with E-state index in [0.29, 0.717) is 12.2 Å². The number of ether oxygens (including phenoxy) is 2. The van der Waals surface area contributed by atoms with Gasteiger partial charge in [0, 0.05) is 24.2 Å². The fraction of sp³-hybridized carbons (Fsp3) is 0.524. The molecule has 1 saturated heterocycles. The molecule has 0 saturated carbocycles. The molecule has 158 valence electrons. The van der Waals surface area contributed by atoms with Gasteiger partial charge in [0.2, 0.25) is 0 Å². The van der Waals surface area contributed by atoms with Crippen LogP contribution in [0.25, 0.3) is 20.4 Å². The van der Waals surface area contributed by atoms with Gasteiger partial charge in [0.15, 0.2) is 0 Å². The number of hydrogen-bond donors (Lipinski definition) is 0. The number of morpholine rings is 1. The second kappa shape index (κ2) is 8.64. The van der Waals surface area contributed by atoms with Crippen LogP contribution in [0, 0.1) is 0 Å². The molecule has 4 heterocycles. The van der Waals surface area contributed by atoms with Gasteiger partial charge in [-0.05, 0) is 36.8 Å². The summed E-state index contributed by atoms with van der Waals surface area (Å²) < 4.78 is 11.4. The van der Waals surface area contributed by atoms with E-state index in [-0.39, 0.29) is 5.97 Å². The van der Waals surface area contributed by atoms with Gasteiger partial charge in [0.05, 0.1) is 37.0 Å². The monoisotopic (exact) mass is 444 g/mol. The summed E-state index contributed by atoms with van der Waals surface area (Å²) in [7, 11) is 1.42. The normalized spacial score (nSPS) is 16.8. The predicted molar refractivity (Wildman–Crippen MR) is 120 cm³/mol. The van der Waals surface area contributed by atoms with Crippen molar-refractivity contribution in [2.75, 3.05) is 44.1 Å². The van der Waals surface area contributed by atoms with Gasteiger partial charge in [-0.25, -0.2) is 15.0 Å². The highest BCUT2D eigenvalue weighted by Gasteiger charge is 2.26. The van der Waals surface area contributed by atoms with E-state index >= 15 is 0 Å². The lowest BCUT2D eigenvalue weighted by atomic mass is 9.90. The third-order valence-corrected chi connectivity index (χ3v) is 7.95. The number of rotatable bonds is 5. The number of thioether (sulfide) groups is 1. The standard InChI is InChI=1S/C21H24N4O3S2/c1-27-15(26)6-11-29-21-18-17(22-12-23-21)16-13-4-2-3-5-14(13)19(24-20(16)30-18)25-7-9-28-10-8-25/h12H,2-11H2,1H3. The van der Waals surface area contributed by atoms with Crippen molar-refractivity contribution in [2.24, 2.45) is 0 Å². The van der Waals surface area contributed by atoms with Gasteiger partial charge in [0.25, 0.3) is 0 Å². The number of esters is 1. The summed E-state index contributed by atoms with van der Waals surface area (Å²) in [6.07, 6.45) is 6.58. The number of aryl methyl sites for hydroxylation is 1. The van der Waals surface area contributed by atoms with Gasteiger partial charge >= 0.3 is 5.97 Å². The zero-order valence-electron chi connectivity index (χ0n) is 17.0.